The van der Waals surface area contributed by atoms with Crippen LogP contribution in [0.3, 0.4) is 0 Å². The lowest BCUT2D eigenvalue weighted by molar-refractivity contribution is 1.07. The van der Waals surface area contributed by atoms with Crippen LogP contribution in [0.1, 0.15) is 0 Å². The Hall–Kier alpha value is -17.9. The van der Waals surface area contributed by atoms with Crippen molar-refractivity contribution in [2.45, 2.75) is 0 Å². The van der Waals surface area contributed by atoms with Crippen LogP contribution in [0.2, 0.25) is 0 Å². The number of benzene rings is 15. The average Bonchev–Trinajstić information content (AvgIpc) is 1.53. The van der Waals surface area contributed by atoms with Crippen molar-refractivity contribution in [1.29, 1.82) is 0 Å². The lowest BCUT2D eigenvalue weighted by Gasteiger charge is -2.19. The molecule has 23 rings (SSSR count). The van der Waals surface area contributed by atoms with Crippen molar-refractivity contribution >= 4 is 43.6 Å². The van der Waals surface area contributed by atoms with E-state index in [9.17, 15) is 0 Å². The summed E-state index contributed by atoms with van der Waals surface area (Å²) in [4.78, 5) is 84.1. The van der Waals surface area contributed by atoms with E-state index in [2.05, 4.69) is 106 Å². The van der Waals surface area contributed by atoms with Crippen molar-refractivity contribution in [2.75, 3.05) is 0 Å². The first-order valence-corrected chi connectivity index (χ1v) is 42.0. The van der Waals surface area contributed by atoms with E-state index >= 15 is 0 Å². The average molecular weight is 1640 g/mol. The predicted octanol–water partition coefficient (Wildman–Crippen LogP) is 24.9. The summed E-state index contributed by atoms with van der Waals surface area (Å²) < 4.78 is 4.66. The summed E-state index contributed by atoms with van der Waals surface area (Å²) in [6, 6.07) is 135. The number of fused-ring (bicyclic) bond motifs is 6. The van der Waals surface area contributed by atoms with Gasteiger partial charge in [-0.15, -0.1) is 0 Å². The second-order valence-electron chi connectivity index (χ2n) is 30.9. The largest absolute Gasteiger partial charge is 0.309 e. The highest BCUT2D eigenvalue weighted by atomic mass is 15.1. The molecular weight excluding hydrogens is 1570 g/mol. The third-order valence-corrected chi connectivity index (χ3v) is 22.9. The van der Waals surface area contributed by atoms with Gasteiger partial charge in [0.05, 0.1) is 39.6 Å². The van der Waals surface area contributed by atoms with Crippen LogP contribution in [0.5, 0.6) is 0 Å². The van der Waals surface area contributed by atoms with Crippen molar-refractivity contribution in [3.05, 3.63) is 413 Å². The normalized spacial score (nSPS) is 11.4. The molecule has 0 N–H and O–H groups in total. The summed E-state index contributed by atoms with van der Waals surface area (Å²) in [7, 11) is 0. The van der Waals surface area contributed by atoms with Crippen LogP contribution in [0.25, 0.3) is 237 Å². The zero-order chi connectivity index (χ0) is 84.8. The van der Waals surface area contributed by atoms with Gasteiger partial charge in [0.1, 0.15) is 0 Å². The molecule has 0 radical (unpaired) electrons. The summed E-state index contributed by atoms with van der Waals surface area (Å²) in [6.07, 6.45) is 3.82. The molecule has 0 spiro atoms. The van der Waals surface area contributed by atoms with Gasteiger partial charge in [0.15, 0.2) is 87.4 Å². The van der Waals surface area contributed by atoms with E-state index in [0.717, 1.165) is 150 Å². The van der Waals surface area contributed by atoms with Crippen LogP contribution in [0, 0.1) is 0 Å². The quantitative estimate of drug-likeness (QED) is 0.0780. The molecule has 8 heterocycles. The second-order valence-corrected chi connectivity index (χ2v) is 30.9. The Kier molecular flexibility index (Phi) is 19.1. The minimum Gasteiger partial charge on any atom is -0.309 e. The first-order chi connectivity index (χ1) is 63.4. The Morgan fingerprint density at radius 3 is 0.523 bits per heavy atom. The highest BCUT2D eigenvalue weighted by Crippen LogP contribution is 2.46. The van der Waals surface area contributed by atoms with E-state index < -0.39 is 0 Å². The Bertz CT molecular complexity index is 7490. The zero-order valence-corrected chi connectivity index (χ0v) is 68.3. The first-order valence-electron chi connectivity index (χ1n) is 42.0. The summed E-state index contributed by atoms with van der Waals surface area (Å²) in [6.45, 7) is 0. The number of rotatable bonds is 18. The molecular formula is C110H68N18. The van der Waals surface area contributed by atoms with Crippen LogP contribution in [0.4, 0.5) is 0 Å². The van der Waals surface area contributed by atoms with E-state index in [1.54, 1.807) is 0 Å². The van der Waals surface area contributed by atoms with Gasteiger partial charge in [-0.05, 0) is 84.9 Å². The predicted molar refractivity (Wildman–Crippen MR) is 507 cm³/mol. The number of aromatic nitrogens is 18. The Morgan fingerprint density at radius 1 is 0.141 bits per heavy atom. The van der Waals surface area contributed by atoms with Gasteiger partial charge in [0, 0.05) is 122 Å². The van der Waals surface area contributed by atoms with Gasteiger partial charge in [-0.1, -0.05) is 315 Å². The molecule has 0 bridgehead atoms. The van der Waals surface area contributed by atoms with Crippen molar-refractivity contribution in [2.24, 2.45) is 0 Å². The standard InChI is InChI=1S/C110H68N18/c1-11-31-69(32-12-1)96-112-97(70-33-13-2-14-34-70)118-106(117-96)79-52-57-90-86(63-79)87-64-80(107-119-98(71-35-15-3-16-36-71)113-99(120-107)72-37-17-4-18-38-72)53-58-91(87)127(90)94-67-83(110-125-104(77-47-27-9-28-48-77)116-105(126-110)78-49-29-10-30-50-78)51-56-84(94)85-61-62-111-68-95(85)128-92-59-54-81(108-121-100(73-39-19-5-20-40-73)114-101(122-108)74-41-21-6-22-42-74)65-88(92)89-66-82(55-60-93(89)128)109-123-102(75-43-23-7-24-44-75)115-103(124-109)76-45-25-8-26-46-76/h1-68H. The van der Waals surface area contributed by atoms with Gasteiger partial charge in [0.2, 0.25) is 0 Å². The molecule has 18 nitrogen and oxygen atoms in total. The van der Waals surface area contributed by atoms with E-state index in [1.165, 1.54) is 0 Å². The molecule has 0 saturated carbocycles. The monoisotopic (exact) mass is 1640 g/mol. The number of pyridine rings is 1. The van der Waals surface area contributed by atoms with Gasteiger partial charge in [-0.2, -0.15) is 0 Å². The van der Waals surface area contributed by atoms with Gasteiger partial charge >= 0.3 is 0 Å². The maximum absolute atomic E-state index is 5.41. The Morgan fingerprint density at radius 2 is 0.312 bits per heavy atom. The number of hydrogen-bond acceptors (Lipinski definition) is 16. The smallest absolute Gasteiger partial charge is 0.164 e. The summed E-state index contributed by atoms with van der Waals surface area (Å²) in [5, 5.41) is 3.57. The van der Waals surface area contributed by atoms with Gasteiger partial charge in [-0.3, -0.25) is 4.98 Å². The highest BCUT2D eigenvalue weighted by molar-refractivity contribution is 6.14. The van der Waals surface area contributed by atoms with Crippen LogP contribution >= 0.6 is 0 Å². The minimum absolute atomic E-state index is 0.464. The van der Waals surface area contributed by atoms with Crippen LogP contribution < -0.4 is 0 Å². The molecule has 0 aliphatic heterocycles. The van der Waals surface area contributed by atoms with Crippen molar-refractivity contribution in [3.8, 4) is 193 Å². The fourth-order valence-electron chi connectivity index (χ4n) is 16.7. The molecule has 128 heavy (non-hydrogen) atoms. The van der Waals surface area contributed by atoms with Crippen molar-refractivity contribution in [1.82, 2.24) is 88.9 Å². The fourth-order valence-corrected chi connectivity index (χ4v) is 16.7. The highest BCUT2D eigenvalue weighted by Gasteiger charge is 2.28. The van der Waals surface area contributed by atoms with E-state index in [4.69, 9.17) is 79.7 Å². The summed E-state index contributed by atoms with van der Waals surface area (Å²) in [5.41, 5.74) is 19.0. The van der Waals surface area contributed by atoms with Crippen molar-refractivity contribution < 1.29 is 0 Å². The molecule has 0 unspecified atom stereocenters. The number of hydrogen-bond donors (Lipinski definition) is 0. The molecule has 23 aromatic rings. The minimum atomic E-state index is 0.464. The molecule has 0 atom stereocenters. The third-order valence-electron chi connectivity index (χ3n) is 22.9. The van der Waals surface area contributed by atoms with Crippen LogP contribution in [-0.4, -0.2) is 88.9 Å². The third kappa shape index (κ3) is 14.3. The molecule has 18 heteroatoms. The zero-order valence-electron chi connectivity index (χ0n) is 68.3. The van der Waals surface area contributed by atoms with Gasteiger partial charge in [0.25, 0.3) is 0 Å². The molecule has 0 saturated heterocycles. The maximum atomic E-state index is 5.41. The molecule has 0 amide bonds. The first kappa shape index (κ1) is 75.1. The van der Waals surface area contributed by atoms with E-state index in [0.29, 0.717) is 87.4 Å². The summed E-state index contributed by atoms with van der Waals surface area (Å²) in [5.74, 6) is 7.82. The Labute approximate surface area is 734 Å². The fraction of sp³-hybridized carbons (Fsp3) is 0. The van der Waals surface area contributed by atoms with E-state index in [-0.39, 0.29) is 0 Å². The second kappa shape index (κ2) is 32.5. The summed E-state index contributed by atoms with van der Waals surface area (Å²) >= 11 is 0. The molecule has 598 valence electrons. The molecule has 15 aromatic carbocycles. The molecule has 0 aliphatic rings. The van der Waals surface area contributed by atoms with Crippen molar-refractivity contribution in [3.63, 3.8) is 0 Å². The Balaban J connectivity index is 0.788. The lowest BCUT2D eigenvalue weighted by atomic mass is 9.99. The van der Waals surface area contributed by atoms with Gasteiger partial charge in [-0.25, -0.2) is 74.8 Å². The van der Waals surface area contributed by atoms with Gasteiger partial charge < -0.3 is 9.13 Å². The molecule has 0 aliphatic carbocycles. The maximum Gasteiger partial charge on any atom is 0.164 e. The van der Waals surface area contributed by atoms with Crippen LogP contribution in [0.15, 0.2) is 413 Å². The van der Waals surface area contributed by atoms with E-state index in [1.807, 2.05) is 316 Å². The van der Waals surface area contributed by atoms with Crippen LogP contribution in [-0.2, 0) is 0 Å². The molecule has 0 fully saturated rings. The SMILES string of the molecule is c1ccc(-c2nc(-c3ccccc3)nc(-c3ccc(-c4ccncc4-n4c5ccc(-c6nc(-c7ccccc7)nc(-c7ccccc7)n6)cc5c5cc(-c6nc(-c7ccccc7)nc(-c7ccccc7)n6)ccc54)c(-n4c5ccc(-c6nc(-c7ccccc7)nc(-c7ccccc7)n6)cc5c5cc(-c6nc(-c7ccccc7)nc(-c7ccccc7)n6)ccc54)c3)n2)cc1. The molecule has 8 aromatic heterocycles. The topological polar surface area (TPSA) is 216 Å². The number of nitrogens with zero attached hydrogens (tertiary/aromatic N) is 18. The lowest BCUT2D eigenvalue weighted by Crippen LogP contribution is -2.04.